The number of likely N-dealkylation sites (tertiary alicyclic amines) is 1. The van der Waals surface area contributed by atoms with Crippen LogP contribution in [0.1, 0.15) is 45.1 Å². The number of phenolic OH excluding ortho intramolecular Hbond substituents is 1. The summed E-state index contributed by atoms with van der Waals surface area (Å²) in [7, 11) is 1.31. The third-order valence-electron chi connectivity index (χ3n) is 9.44. The van der Waals surface area contributed by atoms with Gasteiger partial charge in [0.15, 0.2) is 33.0 Å². The van der Waals surface area contributed by atoms with E-state index < -0.39 is 110 Å². The Morgan fingerprint density at radius 2 is 1.48 bits per heavy atom. The van der Waals surface area contributed by atoms with Crippen molar-refractivity contribution in [3.8, 4) is 11.5 Å². The van der Waals surface area contributed by atoms with E-state index >= 15 is 8.78 Å². The second-order valence-electron chi connectivity index (χ2n) is 12.8. The number of imide groups is 2. The van der Waals surface area contributed by atoms with Crippen LogP contribution in [0.2, 0.25) is 0 Å². The third-order valence-corrected chi connectivity index (χ3v) is 10.9. The highest BCUT2D eigenvalue weighted by atomic mass is 35.5. The highest BCUT2D eigenvalue weighted by Gasteiger charge is 2.77. The van der Waals surface area contributed by atoms with Gasteiger partial charge in [0.25, 0.3) is 11.8 Å². The van der Waals surface area contributed by atoms with Gasteiger partial charge < -0.3 is 9.84 Å². The summed E-state index contributed by atoms with van der Waals surface area (Å²) in [4.78, 5) is 51.2. The molecule has 2 saturated heterocycles. The first-order valence-corrected chi connectivity index (χ1v) is 14.8. The standard InChI is InChI=1S/C31H25Cl2F5N2O6/c1-29(2,3)40-25(42)14-8-7-12-15(17(14)26(40)43)10-30(32)27(44)39(24-22(37)20(35)19(34)21(36)23(24)38)28(45)31(30,33)18(12)13-6-5-11(46-4)9-16(13)41/h5-7,9,14-15,17-18,41H,8,10H2,1-4H3/t14-,15+,17-,18+,30+,31-/m0/s1. The van der Waals surface area contributed by atoms with E-state index in [0.717, 1.165) is 11.0 Å². The molecular weight excluding hydrogens is 662 g/mol. The van der Waals surface area contributed by atoms with Gasteiger partial charge >= 0.3 is 0 Å². The number of rotatable bonds is 3. The zero-order chi connectivity index (χ0) is 34.0. The van der Waals surface area contributed by atoms with Gasteiger partial charge in [-0.3, -0.25) is 24.1 Å². The number of hydrogen-bond donors (Lipinski definition) is 1. The Bertz CT molecular complexity index is 1780. The summed E-state index contributed by atoms with van der Waals surface area (Å²) in [5, 5.41) is 11.1. The molecule has 0 spiro atoms. The maximum absolute atomic E-state index is 15.1. The summed E-state index contributed by atoms with van der Waals surface area (Å²) in [5.41, 5.74) is -2.70. The maximum Gasteiger partial charge on any atom is 0.258 e. The molecule has 2 aromatic carbocycles. The Morgan fingerprint density at radius 1 is 0.891 bits per heavy atom. The summed E-state index contributed by atoms with van der Waals surface area (Å²) in [6.45, 7) is 4.96. The van der Waals surface area contributed by atoms with Crippen LogP contribution in [-0.2, 0) is 19.2 Å². The highest BCUT2D eigenvalue weighted by Crippen LogP contribution is 2.67. The lowest BCUT2D eigenvalue weighted by atomic mass is 9.56. The lowest BCUT2D eigenvalue weighted by molar-refractivity contribution is -0.145. The molecule has 2 aliphatic carbocycles. The van der Waals surface area contributed by atoms with Crippen molar-refractivity contribution < 1.29 is 51.0 Å². The van der Waals surface area contributed by atoms with Gasteiger partial charge in [0.1, 0.15) is 17.2 Å². The number of phenols is 1. The van der Waals surface area contributed by atoms with E-state index in [0.29, 0.717) is 0 Å². The molecule has 244 valence electrons. The Morgan fingerprint density at radius 3 is 2.02 bits per heavy atom. The number of halogens is 7. The largest absolute Gasteiger partial charge is 0.508 e. The molecule has 3 fully saturated rings. The Labute approximate surface area is 268 Å². The molecule has 4 amide bonds. The number of benzene rings is 2. The Balaban J connectivity index is 1.61. The number of aromatic hydroxyl groups is 1. The predicted molar refractivity (Wildman–Crippen MR) is 153 cm³/mol. The molecular formula is C31H25Cl2F5N2O6. The van der Waals surface area contributed by atoms with Gasteiger partial charge in [0, 0.05) is 23.1 Å². The SMILES string of the molecule is COc1ccc([C@H]2C3=CC[C@@H]4C(=O)N(C(C)(C)C)C(=O)[C@@H]4[C@@H]3C[C@@]3(Cl)C(=O)N(c4c(F)c(F)c(F)c(F)c4F)C(=O)[C@@]23Cl)c(O)c1. The zero-order valence-corrected chi connectivity index (χ0v) is 26.1. The molecule has 2 heterocycles. The molecule has 6 rings (SSSR count). The number of amides is 4. The van der Waals surface area contributed by atoms with Crippen molar-refractivity contribution >= 4 is 52.5 Å². The van der Waals surface area contributed by atoms with Crippen LogP contribution < -0.4 is 9.64 Å². The van der Waals surface area contributed by atoms with Crippen LogP contribution in [0.15, 0.2) is 29.8 Å². The highest BCUT2D eigenvalue weighted by molar-refractivity contribution is 6.58. The molecule has 4 aliphatic rings. The van der Waals surface area contributed by atoms with Gasteiger partial charge in [-0.15, -0.1) is 23.2 Å². The second kappa shape index (κ2) is 10.1. The number of ether oxygens (including phenoxy) is 1. The van der Waals surface area contributed by atoms with E-state index in [-0.39, 0.29) is 28.2 Å². The van der Waals surface area contributed by atoms with Gasteiger partial charge in [0.05, 0.1) is 18.9 Å². The number of carbonyl (C=O) groups excluding carboxylic acids is 4. The average Bonchev–Trinajstić information content (AvgIpc) is 3.34. The van der Waals surface area contributed by atoms with Crippen molar-refractivity contribution in [3.63, 3.8) is 0 Å². The molecule has 46 heavy (non-hydrogen) atoms. The van der Waals surface area contributed by atoms with Gasteiger partial charge in [-0.05, 0) is 45.6 Å². The summed E-state index contributed by atoms with van der Waals surface area (Å²) in [6, 6.07) is 3.85. The van der Waals surface area contributed by atoms with E-state index in [1.54, 1.807) is 26.8 Å². The normalized spacial score (nSPS) is 30.8. The number of alkyl halides is 2. The summed E-state index contributed by atoms with van der Waals surface area (Å²) in [6.07, 6.45) is 0.912. The molecule has 0 bridgehead atoms. The van der Waals surface area contributed by atoms with Crippen LogP contribution in [-0.4, -0.2) is 56.0 Å². The van der Waals surface area contributed by atoms with Crippen LogP contribution in [0, 0.1) is 46.8 Å². The van der Waals surface area contributed by atoms with Crippen molar-refractivity contribution in [1.29, 1.82) is 0 Å². The Kier molecular flexibility index (Phi) is 7.11. The fourth-order valence-corrected chi connectivity index (χ4v) is 8.39. The number of anilines is 1. The minimum absolute atomic E-state index is 0.00713. The van der Waals surface area contributed by atoms with E-state index in [4.69, 9.17) is 27.9 Å². The van der Waals surface area contributed by atoms with E-state index in [2.05, 4.69) is 0 Å². The maximum atomic E-state index is 15.1. The molecule has 1 N–H and O–H groups in total. The number of carbonyl (C=O) groups is 4. The van der Waals surface area contributed by atoms with Crippen molar-refractivity contribution in [2.75, 3.05) is 12.0 Å². The summed E-state index contributed by atoms with van der Waals surface area (Å²) < 4.78 is 78.0. The van der Waals surface area contributed by atoms with Crippen LogP contribution in [0.5, 0.6) is 11.5 Å². The second-order valence-corrected chi connectivity index (χ2v) is 14.0. The lowest BCUT2D eigenvalue weighted by Crippen LogP contribution is -2.60. The van der Waals surface area contributed by atoms with Gasteiger partial charge in [-0.25, -0.2) is 26.9 Å². The smallest absolute Gasteiger partial charge is 0.258 e. The monoisotopic (exact) mass is 686 g/mol. The fourth-order valence-electron chi connectivity index (χ4n) is 7.47. The number of nitrogens with zero attached hydrogens (tertiary/aromatic N) is 2. The number of hydrogen-bond acceptors (Lipinski definition) is 6. The lowest BCUT2D eigenvalue weighted by Gasteiger charge is -2.50. The third kappa shape index (κ3) is 3.90. The Hall–Kier alpha value is -3.71. The predicted octanol–water partition coefficient (Wildman–Crippen LogP) is 5.46. The molecule has 0 radical (unpaired) electrons. The van der Waals surface area contributed by atoms with E-state index in [1.807, 2.05) is 0 Å². The molecule has 2 aliphatic heterocycles. The van der Waals surface area contributed by atoms with Crippen molar-refractivity contribution in [2.45, 2.75) is 54.8 Å². The van der Waals surface area contributed by atoms with Crippen LogP contribution in [0.4, 0.5) is 27.6 Å². The number of fused-ring (bicyclic) bond motifs is 4. The van der Waals surface area contributed by atoms with Crippen molar-refractivity contribution in [2.24, 2.45) is 17.8 Å². The molecule has 6 atom stereocenters. The molecule has 0 aromatic heterocycles. The summed E-state index contributed by atoms with van der Waals surface area (Å²) >= 11 is 14.1. The topological polar surface area (TPSA) is 104 Å². The van der Waals surface area contributed by atoms with E-state index in [9.17, 15) is 37.5 Å². The first-order chi connectivity index (χ1) is 21.3. The minimum atomic E-state index is -2.73. The molecule has 8 nitrogen and oxygen atoms in total. The average molecular weight is 687 g/mol. The molecule has 1 saturated carbocycles. The number of allylic oxidation sites excluding steroid dienone is 2. The summed E-state index contributed by atoms with van der Waals surface area (Å²) in [5.74, 6) is -21.6. The van der Waals surface area contributed by atoms with Crippen molar-refractivity contribution in [3.05, 3.63) is 64.5 Å². The van der Waals surface area contributed by atoms with Crippen molar-refractivity contribution in [1.82, 2.24) is 4.90 Å². The van der Waals surface area contributed by atoms with Crippen LogP contribution in [0.3, 0.4) is 0 Å². The minimum Gasteiger partial charge on any atom is -0.508 e. The molecule has 15 heteroatoms. The van der Waals surface area contributed by atoms with Crippen LogP contribution >= 0.6 is 23.2 Å². The molecule has 2 aromatic rings. The number of methoxy groups -OCH3 is 1. The first kappa shape index (κ1) is 32.2. The quantitative estimate of drug-likeness (QED) is 0.115. The van der Waals surface area contributed by atoms with Gasteiger partial charge in [-0.1, -0.05) is 17.7 Å². The first-order valence-electron chi connectivity index (χ1n) is 14.1. The molecule has 0 unspecified atom stereocenters. The van der Waals surface area contributed by atoms with E-state index in [1.165, 1.54) is 19.2 Å². The van der Waals surface area contributed by atoms with Crippen LogP contribution in [0.25, 0.3) is 0 Å². The van der Waals surface area contributed by atoms with Gasteiger partial charge in [0.2, 0.25) is 17.6 Å². The van der Waals surface area contributed by atoms with Gasteiger partial charge in [-0.2, -0.15) is 0 Å². The zero-order valence-electron chi connectivity index (χ0n) is 24.6. The fraction of sp³-hybridized carbons (Fsp3) is 0.419.